The SMILES string of the molecule is O=C(NCCCN1CCCC1=O)c1n[nH]c2c1CCN(C(=O)C1CCCO1)C2. The lowest BCUT2D eigenvalue weighted by Gasteiger charge is -2.28. The fourth-order valence-corrected chi connectivity index (χ4v) is 4.17. The Hall–Kier alpha value is -2.42. The van der Waals surface area contributed by atoms with Crippen molar-refractivity contribution < 1.29 is 19.1 Å². The van der Waals surface area contributed by atoms with Gasteiger partial charge in [0.2, 0.25) is 5.91 Å². The van der Waals surface area contributed by atoms with Crippen LogP contribution in [0.4, 0.5) is 0 Å². The minimum Gasteiger partial charge on any atom is -0.368 e. The zero-order valence-corrected chi connectivity index (χ0v) is 16.0. The smallest absolute Gasteiger partial charge is 0.272 e. The van der Waals surface area contributed by atoms with E-state index in [1.165, 1.54) is 0 Å². The highest BCUT2D eigenvalue weighted by molar-refractivity contribution is 5.94. The molecule has 0 aliphatic carbocycles. The molecule has 4 rings (SSSR count). The van der Waals surface area contributed by atoms with Gasteiger partial charge in [0.25, 0.3) is 11.8 Å². The predicted octanol–water partition coefficient (Wildman–Crippen LogP) is 0.216. The van der Waals surface area contributed by atoms with E-state index >= 15 is 0 Å². The lowest BCUT2D eigenvalue weighted by Crippen LogP contribution is -2.42. The molecule has 1 aromatic heterocycles. The molecule has 0 radical (unpaired) electrons. The number of nitrogens with zero attached hydrogens (tertiary/aromatic N) is 3. The van der Waals surface area contributed by atoms with Gasteiger partial charge in [0.15, 0.2) is 5.69 Å². The quantitative estimate of drug-likeness (QED) is 0.677. The number of fused-ring (bicyclic) bond motifs is 1. The van der Waals surface area contributed by atoms with Crippen LogP contribution in [0.3, 0.4) is 0 Å². The zero-order valence-electron chi connectivity index (χ0n) is 16.0. The van der Waals surface area contributed by atoms with Gasteiger partial charge in [-0.3, -0.25) is 19.5 Å². The van der Waals surface area contributed by atoms with Crippen molar-refractivity contribution in [2.75, 3.05) is 32.8 Å². The maximum atomic E-state index is 12.5. The molecule has 1 aromatic rings. The Morgan fingerprint density at radius 2 is 2.14 bits per heavy atom. The number of carbonyl (C=O) groups is 3. The summed E-state index contributed by atoms with van der Waals surface area (Å²) in [7, 11) is 0. The van der Waals surface area contributed by atoms with Gasteiger partial charge < -0.3 is 19.9 Å². The Labute approximate surface area is 163 Å². The number of carbonyl (C=O) groups excluding carboxylic acids is 3. The molecule has 0 aromatic carbocycles. The van der Waals surface area contributed by atoms with E-state index in [1.54, 1.807) is 4.90 Å². The van der Waals surface area contributed by atoms with E-state index in [9.17, 15) is 14.4 Å². The molecule has 2 saturated heterocycles. The normalized spacial score (nSPS) is 21.9. The molecule has 0 spiro atoms. The van der Waals surface area contributed by atoms with Crippen molar-refractivity contribution in [1.82, 2.24) is 25.3 Å². The minimum atomic E-state index is -0.324. The van der Waals surface area contributed by atoms with Crippen molar-refractivity contribution in [3.05, 3.63) is 17.0 Å². The molecule has 4 heterocycles. The van der Waals surface area contributed by atoms with Crippen LogP contribution in [-0.2, 0) is 27.3 Å². The van der Waals surface area contributed by atoms with Crippen molar-refractivity contribution in [1.29, 1.82) is 0 Å². The van der Waals surface area contributed by atoms with Gasteiger partial charge in [-0.25, -0.2) is 0 Å². The number of hydrogen-bond acceptors (Lipinski definition) is 5. The minimum absolute atomic E-state index is 0.0280. The molecule has 0 saturated carbocycles. The van der Waals surface area contributed by atoms with Crippen LogP contribution in [0, 0.1) is 0 Å². The van der Waals surface area contributed by atoms with E-state index in [1.807, 2.05) is 4.90 Å². The van der Waals surface area contributed by atoms with Crippen molar-refractivity contribution in [2.45, 2.75) is 51.2 Å². The van der Waals surface area contributed by atoms with Gasteiger partial charge in [-0.1, -0.05) is 0 Å². The van der Waals surface area contributed by atoms with Gasteiger partial charge in [-0.15, -0.1) is 0 Å². The molecule has 152 valence electrons. The first-order chi connectivity index (χ1) is 13.6. The molecular formula is C19H27N5O4. The lowest BCUT2D eigenvalue weighted by atomic mass is 10.0. The fraction of sp³-hybridized carbons (Fsp3) is 0.684. The summed E-state index contributed by atoms with van der Waals surface area (Å²) in [6.07, 6.45) is 4.28. The van der Waals surface area contributed by atoms with Gasteiger partial charge in [-0.2, -0.15) is 5.10 Å². The monoisotopic (exact) mass is 389 g/mol. The van der Waals surface area contributed by atoms with Crippen molar-refractivity contribution >= 4 is 17.7 Å². The lowest BCUT2D eigenvalue weighted by molar-refractivity contribution is -0.142. The third-order valence-electron chi connectivity index (χ3n) is 5.73. The number of H-pyrrole nitrogens is 1. The van der Waals surface area contributed by atoms with Crippen LogP contribution in [0.5, 0.6) is 0 Å². The van der Waals surface area contributed by atoms with Crippen molar-refractivity contribution in [3.63, 3.8) is 0 Å². The molecule has 3 amide bonds. The summed E-state index contributed by atoms with van der Waals surface area (Å²) in [6.45, 7) is 3.66. The first kappa shape index (κ1) is 18.9. The van der Waals surface area contributed by atoms with E-state index < -0.39 is 0 Å². The first-order valence-corrected chi connectivity index (χ1v) is 10.2. The summed E-state index contributed by atoms with van der Waals surface area (Å²) in [5.74, 6) is 0.0270. The van der Waals surface area contributed by atoms with Crippen LogP contribution in [-0.4, -0.2) is 76.6 Å². The molecule has 1 unspecified atom stereocenters. The number of ether oxygens (including phenoxy) is 1. The number of hydrogen-bond donors (Lipinski definition) is 2. The molecule has 3 aliphatic heterocycles. The molecule has 9 nitrogen and oxygen atoms in total. The molecule has 3 aliphatic rings. The van der Waals surface area contributed by atoms with E-state index in [-0.39, 0.29) is 23.8 Å². The number of likely N-dealkylation sites (tertiary alicyclic amines) is 1. The maximum Gasteiger partial charge on any atom is 0.272 e. The summed E-state index contributed by atoms with van der Waals surface area (Å²) in [5, 5.41) is 10.0. The van der Waals surface area contributed by atoms with Gasteiger partial charge in [-0.05, 0) is 32.1 Å². The standard InChI is InChI=1S/C19H27N5O4/c25-16-5-1-8-23(16)9-3-7-20-18(26)17-13-6-10-24(12-14(13)21-22-17)19(27)15-4-2-11-28-15/h15H,1-12H2,(H,20,26)(H,21,22). The van der Waals surface area contributed by atoms with Crippen LogP contribution in [0.25, 0.3) is 0 Å². The highest BCUT2D eigenvalue weighted by atomic mass is 16.5. The Bertz CT molecular complexity index is 756. The van der Waals surface area contributed by atoms with Gasteiger partial charge in [0, 0.05) is 44.8 Å². The van der Waals surface area contributed by atoms with Crippen molar-refractivity contribution in [3.8, 4) is 0 Å². The number of aromatic nitrogens is 2. The van der Waals surface area contributed by atoms with E-state index in [4.69, 9.17) is 4.74 Å². The topological polar surface area (TPSA) is 108 Å². The van der Waals surface area contributed by atoms with Crippen LogP contribution < -0.4 is 5.32 Å². The summed E-state index contributed by atoms with van der Waals surface area (Å²) in [5.41, 5.74) is 2.13. The summed E-state index contributed by atoms with van der Waals surface area (Å²) < 4.78 is 5.49. The van der Waals surface area contributed by atoms with Gasteiger partial charge >= 0.3 is 0 Å². The maximum absolute atomic E-state index is 12.5. The second kappa shape index (κ2) is 8.30. The summed E-state index contributed by atoms with van der Waals surface area (Å²) in [6, 6.07) is 0. The van der Waals surface area contributed by atoms with E-state index in [0.717, 1.165) is 43.5 Å². The third-order valence-corrected chi connectivity index (χ3v) is 5.73. The Kier molecular flexibility index (Phi) is 5.61. The molecule has 1 atom stereocenters. The second-order valence-corrected chi connectivity index (χ2v) is 7.63. The average Bonchev–Trinajstić information content (AvgIpc) is 3.45. The predicted molar refractivity (Wildman–Crippen MR) is 99.4 cm³/mol. The van der Waals surface area contributed by atoms with Gasteiger partial charge in [0.1, 0.15) is 6.10 Å². The van der Waals surface area contributed by atoms with Crippen LogP contribution in [0.15, 0.2) is 0 Å². The highest BCUT2D eigenvalue weighted by Crippen LogP contribution is 2.23. The van der Waals surface area contributed by atoms with E-state index in [0.29, 0.717) is 51.3 Å². The summed E-state index contributed by atoms with van der Waals surface area (Å²) >= 11 is 0. The zero-order chi connectivity index (χ0) is 19.5. The Morgan fingerprint density at radius 1 is 1.25 bits per heavy atom. The molecule has 9 heteroatoms. The molecule has 28 heavy (non-hydrogen) atoms. The number of aromatic amines is 1. The molecule has 0 bridgehead atoms. The number of nitrogens with one attached hydrogen (secondary N) is 2. The molecule has 2 N–H and O–H groups in total. The Morgan fingerprint density at radius 3 is 2.89 bits per heavy atom. The van der Waals surface area contributed by atoms with Crippen LogP contribution in [0.1, 0.15) is 53.8 Å². The molecular weight excluding hydrogens is 362 g/mol. The van der Waals surface area contributed by atoms with Crippen molar-refractivity contribution in [2.24, 2.45) is 0 Å². The number of amides is 3. The number of rotatable bonds is 6. The highest BCUT2D eigenvalue weighted by Gasteiger charge is 2.32. The second-order valence-electron chi connectivity index (χ2n) is 7.63. The first-order valence-electron chi connectivity index (χ1n) is 10.2. The Balaban J connectivity index is 1.28. The van der Waals surface area contributed by atoms with Crippen LogP contribution >= 0.6 is 0 Å². The van der Waals surface area contributed by atoms with E-state index in [2.05, 4.69) is 15.5 Å². The third kappa shape index (κ3) is 3.89. The van der Waals surface area contributed by atoms with Gasteiger partial charge in [0.05, 0.1) is 12.2 Å². The van der Waals surface area contributed by atoms with Crippen LogP contribution in [0.2, 0.25) is 0 Å². The summed E-state index contributed by atoms with van der Waals surface area (Å²) in [4.78, 5) is 40.2. The average molecular weight is 389 g/mol. The molecule has 2 fully saturated rings. The fourth-order valence-electron chi connectivity index (χ4n) is 4.17. The largest absolute Gasteiger partial charge is 0.368 e.